The summed E-state index contributed by atoms with van der Waals surface area (Å²) < 4.78 is 15.7. The van der Waals surface area contributed by atoms with Gasteiger partial charge in [0, 0.05) is 13.1 Å². The molecule has 0 spiro atoms. The largest absolute Gasteiger partial charge is 0.454 e. The van der Waals surface area contributed by atoms with Crippen LogP contribution >= 0.6 is 11.3 Å². The molecule has 0 aliphatic carbocycles. The highest BCUT2D eigenvalue weighted by Gasteiger charge is 2.19. The van der Waals surface area contributed by atoms with Gasteiger partial charge < -0.3 is 19.1 Å². The molecular formula is C19H19NO6S. The van der Waals surface area contributed by atoms with Crippen molar-refractivity contribution in [1.29, 1.82) is 0 Å². The second-order valence-electron chi connectivity index (χ2n) is 5.89. The molecule has 8 heteroatoms. The third-order valence-electron chi connectivity index (χ3n) is 4.03. The van der Waals surface area contributed by atoms with Gasteiger partial charge in [-0.15, -0.1) is 11.3 Å². The van der Waals surface area contributed by atoms with Crippen molar-refractivity contribution in [1.82, 2.24) is 4.90 Å². The van der Waals surface area contributed by atoms with Crippen molar-refractivity contribution in [3.05, 3.63) is 45.6 Å². The van der Waals surface area contributed by atoms with Gasteiger partial charge in [0.25, 0.3) is 5.91 Å². The maximum absolute atomic E-state index is 12.4. The molecule has 27 heavy (non-hydrogen) atoms. The van der Waals surface area contributed by atoms with Crippen molar-refractivity contribution >= 4 is 29.0 Å². The number of hydrogen-bond acceptors (Lipinski definition) is 7. The molecule has 1 aromatic heterocycles. The van der Waals surface area contributed by atoms with E-state index in [0.717, 1.165) is 16.9 Å². The van der Waals surface area contributed by atoms with Crippen LogP contribution in [0.15, 0.2) is 30.3 Å². The lowest BCUT2D eigenvalue weighted by molar-refractivity contribution is -0.134. The van der Waals surface area contributed by atoms with E-state index in [1.165, 1.54) is 13.0 Å². The highest BCUT2D eigenvalue weighted by Crippen LogP contribution is 2.32. The van der Waals surface area contributed by atoms with Crippen LogP contribution in [0.2, 0.25) is 0 Å². The molecule has 1 amide bonds. The summed E-state index contributed by atoms with van der Waals surface area (Å²) in [6, 6.07) is 8.60. The molecule has 3 rings (SSSR count). The number of esters is 1. The molecule has 2 heterocycles. The number of ketones is 1. The Morgan fingerprint density at radius 1 is 1.11 bits per heavy atom. The fourth-order valence-corrected chi connectivity index (χ4v) is 3.36. The van der Waals surface area contributed by atoms with Crippen molar-refractivity contribution in [3.8, 4) is 11.5 Å². The van der Waals surface area contributed by atoms with E-state index in [0.29, 0.717) is 34.3 Å². The zero-order valence-electron chi connectivity index (χ0n) is 15.0. The molecule has 0 saturated heterocycles. The van der Waals surface area contributed by atoms with E-state index in [1.807, 2.05) is 19.1 Å². The molecule has 0 unspecified atom stereocenters. The Bertz CT molecular complexity index is 875. The number of benzene rings is 1. The van der Waals surface area contributed by atoms with Gasteiger partial charge in [-0.2, -0.15) is 0 Å². The topological polar surface area (TPSA) is 82.1 Å². The molecule has 0 N–H and O–H groups in total. The number of fused-ring (bicyclic) bond motifs is 1. The van der Waals surface area contributed by atoms with Gasteiger partial charge >= 0.3 is 5.97 Å². The molecule has 0 atom stereocenters. The summed E-state index contributed by atoms with van der Waals surface area (Å²) in [6.07, 6.45) is 0. The first-order valence-electron chi connectivity index (χ1n) is 8.42. The number of likely N-dealkylation sites (N-methyl/N-ethyl adjacent to an activating group) is 1. The van der Waals surface area contributed by atoms with Gasteiger partial charge in [0.05, 0.1) is 4.88 Å². The van der Waals surface area contributed by atoms with E-state index in [4.69, 9.17) is 14.2 Å². The third kappa shape index (κ3) is 4.46. The number of thiophene rings is 1. The smallest absolute Gasteiger partial charge is 0.348 e. The number of Topliss-reactive ketones (excluding diaryl/α,β-unsaturated/α-hetero) is 1. The van der Waals surface area contributed by atoms with Crippen LogP contribution in [0.25, 0.3) is 0 Å². The quantitative estimate of drug-likeness (QED) is 0.535. The average Bonchev–Trinajstić information content (AvgIpc) is 3.32. The number of hydrogen-bond donors (Lipinski definition) is 0. The average molecular weight is 389 g/mol. The summed E-state index contributed by atoms with van der Waals surface area (Å²) >= 11 is 1.05. The zero-order valence-corrected chi connectivity index (χ0v) is 15.8. The van der Waals surface area contributed by atoms with E-state index < -0.39 is 5.97 Å². The Morgan fingerprint density at radius 2 is 1.85 bits per heavy atom. The highest BCUT2D eigenvalue weighted by atomic mass is 32.1. The normalized spacial score (nSPS) is 11.9. The molecule has 0 saturated carbocycles. The lowest BCUT2D eigenvalue weighted by atomic mass is 10.2. The summed E-state index contributed by atoms with van der Waals surface area (Å²) in [5, 5.41) is 0. The predicted molar refractivity (Wildman–Crippen MR) is 98.3 cm³/mol. The van der Waals surface area contributed by atoms with E-state index in [2.05, 4.69) is 0 Å². The Morgan fingerprint density at radius 3 is 2.56 bits per heavy atom. The maximum atomic E-state index is 12.4. The minimum Gasteiger partial charge on any atom is -0.454 e. The monoisotopic (exact) mass is 389 g/mol. The van der Waals surface area contributed by atoms with Crippen molar-refractivity contribution in [2.24, 2.45) is 0 Å². The van der Waals surface area contributed by atoms with E-state index in [-0.39, 0.29) is 25.1 Å². The molecule has 142 valence electrons. The molecule has 7 nitrogen and oxygen atoms in total. The summed E-state index contributed by atoms with van der Waals surface area (Å²) in [4.78, 5) is 38.1. The first-order valence-corrected chi connectivity index (χ1v) is 9.23. The fraction of sp³-hybridized carbons (Fsp3) is 0.316. The van der Waals surface area contributed by atoms with Gasteiger partial charge in [0.1, 0.15) is 4.88 Å². The molecule has 0 fully saturated rings. The highest BCUT2D eigenvalue weighted by molar-refractivity contribution is 7.15. The van der Waals surface area contributed by atoms with Crippen molar-refractivity contribution in [2.45, 2.75) is 20.4 Å². The van der Waals surface area contributed by atoms with Gasteiger partial charge in [-0.3, -0.25) is 9.59 Å². The van der Waals surface area contributed by atoms with E-state index >= 15 is 0 Å². The van der Waals surface area contributed by atoms with Crippen molar-refractivity contribution < 1.29 is 28.6 Å². The Hall–Kier alpha value is -2.87. The maximum Gasteiger partial charge on any atom is 0.348 e. The molecule has 0 radical (unpaired) electrons. The van der Waals surface area contributed by atoms with Gasteiger partial charge in [-0.25, -0.2) is 4.79 Å². The number of ether oxygens (including phenoxy) is 3. The van der Waals surface area contributed by atoms with Crippen LogP contribution in [-0.2, 0) is 16.1 Å². The Balaban J connectivity index is 1.56. The van der Waals surface area contributed by atoms with Crippen molar-refractivity contribution in [2.75, 3.05) is 19.9 Å². The van der Waals surface area contributed by atoms with Crippen LogP contribution in [-0.4, -0.2) is 42.5 Å². The van der Waals surface area contributed by atoms with Gasteiger partial charge in [-0.05, 0) is 43.7 Å². The van der Waals surface area contributed by atoms with Gasteiger partial charge in [-0.1, -0.05) is 6.07 Å². The minimum absolute atomic E-state index is 0.115. The van der Waals surface area contributed by atoms with Crippen LogP contribution < -0.4 is 9.47 Å². The molecule has 1 aliphatic heterocycles. The van der Waals surface area contributed by atoms with Crippen LogP contribution in [0.1, 0.15) is 38.8 Å². The third-order valence-corrected chi connectivity index (χ3v) is 5.19. The molecular weight excluding hydrogens is 370 g/mol. The Kier molecular flexibility index (Phi) is 5.75. The van der Waals surface area contributed by atoms with Crippen LogP contribution in [0.3, 0.4) is 0 Å². The van der Waals surface area contributed by atoms with Crippen molar-refractivity contribution in [3.63, 3.8) is 0 Å². The zero-order chi connectivity index (χ0) is 19.4. The van der Waals surface area contributed by atoms with Crippen LogP contribution in [0.4, 0.5) is 0 Å². The summed E-state index contributed by atoms with van der Waals surface area (Å²) in [6.45, 7) is 3.96. The van der Waals surface area contributed by atoms with Gasteiger partial charge in [0.2, 0.25) is 6.79 Å². The number of rotatable bonds is 7. The van der Waals surface area contributed by atoms with Crippen LogP contribution in [0.5, 0.6) is 11.5 Å². The Labute approximate surface area is 160 Å². The van der Waals surface area contributed by atoms with Gasteiger partial charge in [0.15, 0.2) is 23.9 Å². The first-order chi connectivity index (χ1) is 13.0. The second-order valence-corrected chi connectivity index (χ2v) is 6.98. The lowest BCUT2D eigenvalue weighted by Gasteiger charge is -2.21. The number of amides is 1. The summed E-state index contributed by atoms with van der Waals surface area (Å²) in [5.74, 6) is 0.312. The predicted octanol–water partition coefficient (Wildman–Crippen LogP) is 2.88. The molecule has 1 aliphatic rings. The minimum atomic E-state index is -0.611. The van der Waals surface area contributed by atoms with Crippen LogP contribution in [0, 0.1) is 0 Å². The summed E-state index contributed by atoms with van der Waals surface area (Å²) in [5.41, 5.74) is 0.894. The number of nitrogens with zero attached hydrogens (tertiary/aromatic N) is 1. The second kappa shape index (κ2) is 8.22. The summed E-state index contributed by atoms with van der Waals surface area (Å²) in [7, 11) is 0. The molecule has 0 bridgehead atoms. The first kappa shape index (κ1) is 18.9. The lowest BCUT2D eigenvalue weighted by Crippen LogP contribution is -2.34. The molecule has 1 aromatic carbocycles. The fourth-order valence-electron chi connectivity index (χ4n) is 2.56. The SMILES string of the molecule is CCN(Cc1ccc2c(c1)OCO2)C(=O)COC(=O)c1ccc(C(C)=O)s1. The number of carbonyl (C=O) groups excluding carboxylic acids is 3. The standard InChI is InChI=1S/C19H19NO6S/c1-3-20(9-13-4-5-14-15(8-13)26-11-25-14)18(22)10-24-19(23)17-7-6-16(27-17)12(2)21/h4-8H,3,9-11H2,1-2H3. The van der Waals surface area contributed by atoms with E-state index in [1.54, 1.807) is 17.0 Å². The number of carbonyl (C=O) groups is 3. The van der Waals surface area contributed by atoms with E-state index in [9.17, 15) is 14.4 Å². The molecule has 2 aromatic rings.